The Bertz CT molecular complexity index is 483. The largest absolute Gasteiger partial charge is 0.441 e. The van der Waals surface area contributed by atoms with Crippen LogP contribution >= 0.6 is 0 Å². The molecule has 6 nitrogen and oxygen atoms in total. The minimum absolute atomic E-state index is 0.106. The summed E-state index contributed by atoms with van der Waals surface area (Å²) < 4.78 is 5.55. The predicted octanol–water partition coefficient (Wildman–Crippen LogP) is 1.56. The van der Waals surface area contributed by atoms with E-state index in [0.29, 0.717) is 12.4 Å². The molecule has 2 heterocycles. The average molecular weight is 261 g/mol. The SMILES string of the molecule is O=C[C@H]1CC[C@]2(CC1)CN(c1cnccn1)C(=O)O2. The molecular formula is C13H15N3O3. The minimum atomic E-state index is -0.450. The zero-order valence-electron chi connectivity index (χ0n) is 10.5. The summed E-state index contributed by atoms with van der Waals surface area (Å²) in [5.74, 6) is 0.622. The lowest BCUT2D eigenvalue weighted by atomic mass is 9.79. The molecule has 0 bridgehead atoms. The second-order valence-corrected chi connectivity index (χ2v) is 5.17. The van der Waals surface area contributed by atoms with Crippen molar-refractivity contribution in [2.45, 2.75) is 31.3 Å². The maximum Gasteiger partial charge on any atom is 0.416 e. The van der Waals surface area contributed by atoms with E-state index in [1.807, 2.05) is 0 Å². The number of carbonyl (C=O) groups excluding carboxylic acids is 2. The fourth-order valence-electron chi connectivity index (χ4n) is 2.79. The molecule has 1 saturated carbocycles. The standard InChI is InChI=1S/C13H15N3O3/c17-8-10-1-3-13(4-2-10)9-16(12(18)19-13)11-7-14-5-6-15-11/h5-8,10H,1-4,9H2/t10-,13-. The summed E-state index contributed by atoms with van der Waals surface area (Å²) >= 11 is 0. The third-order valence-electron chi connectivity index (χ3n) is 3.93. The van der Waals surface area contributed by atoms with Crippen molar-refractivity contribution >= 4 is 18.2 Å². The lowest BCUT2D eigenvalue weighted by Crippen LogP contribution is -2.39. The normalized spacial score (nSPS) is 30.4. The zero-order chi connectivity index (χ0) is 13.3. The van der Waals surface area contributed by atoms with E-state index in [2.05, 4.69) is 9.97 Å². The van der Waals surface area contributed by atoms with Gasteiger partial charge in [-0.2, -0.15) is 0 Å². The van der Waals surface area contributed by atoms with Crippen LogP contribution in [0.15, 0.2) is 18.6 Å². The van der Waals surface area contributed by atoms with Crippen molar-refractivity contribution in [1.82, 2.24) is 9.97 Å². The summed E-state index contributed by atoms with van der Waals surface area (Å²) in [6, 6.07) is 0. The Morgan fingerprint density at radius 2 is 2.16 bits per heavy atom. The highest BCUT2D eigenvalue weighted by Gasteiger charge is 2.48. The van der Waals surface area contributed by atoms with Gasteiger partial charge in [-0.25, -0.2) is 9.78 Å². The molecule has 1 spiro atoms. The van der Waals surface area contributed by atoms with Crippen molar-refractivity contribution in [3.8, 4) is 0 Å². The second-order valence-electron chi connectivity index (χ2n) is 5.17. The van der Waals surface area contributed by atoms with Crippen molar-refractivity contribution < 1.29 is 14.3 Å². The Labute approximate surface area is 110 Å². The van der Waals surface area contributed by atoms with Gasteiger partial charge in [0.05, 0.1) is 12.7 Å². The summed E-state index contributed by atoms with van der Waals surface area (Å²) in [5, 5.41) is 0. The Morgan fingerprint density at radius 3 is 2.79 bits per heavy atom. The highest BCUT2D eigenvalue weighted by molar-refractivity contribution is 5.89. The molecule has 1 aromatic heterocycles. The average Bonchev–Trinajstić information content (AvgIpc) is 2.77. The third-order valence-corrected chi connectivity index (χ3v) is 3.93. The quantitative estimate of drug-likeness (QED) is 0.755. The molecular weight excluding hydrogens is 246 g/mol. The molecule has 19 heavy (non-hydrogen) atoms. The van der Waals surface area contributed by atoms with Gasteiger partial charge in [-0.1, -0.05) is 0 Å². The lowest BCUT2D eigenvalue weighted by molar-refractivity contribution is -0.113. The summed E-state index contributed by atoms with van der Waals surface area (Å²) in [6.45, 7) is 0.496. The van der Waals surface area contributed by atoms with Gasteiger partial charge in [-0.3, -0.25) is 9.88 Å². The van der Waals surface area contributed by atoms with E-state index in [0.717, 1.165) is 32.0 Å². The van der Waals surface area contributed by atoms with Crippen LogP contribution in [-0.2, 0) is 9.53 Å². The van der Waals surface area contributed by atoms with E-state index in [1.54, 1.807) is 18.6 Å². The van der Waals surface area contributed by atoms with E-state index < -0.39 is 5.60 Å². The lowest BCUT2D eigenvalue weighted by Gasteiger charge is -2.33. The molecule has 1 aliphatic carbocycles. The first-order valence-corrected chi connectivity index (χ1v) is 6.44. The Hall–Kier alpha value is -1.98. The Morgan fingerprint density at radius 1 is 1.37 bits per heavy atom. The number of hydrogen-bond acceptors (Lipinski definition) is 5. The van der Waals surface area contributed by atoms with Crippen LogP contribution in [0.3, 0.4) is 0 Å². The van der Waals surface area contributed by atoms with Crippen LogP contribution in [0.2, 0.25) is 0 Å². The Kier molecular flexibility index (Phi) is 2.93. The number of nitrogens with zero attached hydrogens (tertiary/aromatic N) is 3. The second kappa shape index (κ2) is 4.60. The molecule has 1 aromatic rings. The van der Waals surface area contributed by atoms with Gasteiger partial charge in [0.1, 0.15) is 11.9 Å². The van der Waals surface area contributed by atoms with E-state index in [9.17, 15) is 9.59 Å². The molecule has 100 valence electrons. The number of carbonyl (C=O) groups is 2. The van der Waals surface area contributed by atoms with Crippen LogP contribution in [0, 0.1) is 5.92 Å². The minimum Gasteiger partial charge on any atom is -0.441 e. The zero-order valence-corrected chi connectivity index (χ0v) is 10.5. The molecule has 0 aromatic carbocycles. The van der Waals surface area contributed by atoms with Crippen molar-refractivity contribution in [3.05, 3.63) is 18.6 Å². The van der Waals surface area contributed by atoms with Crippen LogP contribution < -0.4 is 4.90 Å². The molecule has 6 heteroatoms. The molecule has 1 aliphatic heterocycles. The van der Waals surface area contributed by atoms with Gasteiger partial charge in [-0.05, 0) is 25.7 Å². The number of anilines is 1. The van der Waals surface area contributed by atoms with Crippen molar-refractivity contribution in [2.24, 2.45) is 5.92 Å². The summed E-state index contributed by atoms with van der Waals surface area (Å²) in [5.41, 5.74) is -0.450. The van der Waals surface area contributed by atoms with E-state index in [4.69, 9.17) is 4.74 Å². The molecule has 0 radical (unpaired) electrons. The smallest absolute Gasteiger partial charge is 0.416 e. The number of aldehydes is 1. The number of ether oxygens (including phenoxy) is 1. The van der Waals surface area contributed by atoms with Gasteiger partial charge in [-0.15, -0.1) is 0 Å². The van der Waals surface area contributed by atoms with Gasteiger partial charge < -0.3 is 9.53 Å². The summed E-state index contributed by atoms with van der Waals surface area (Å²) in [4.78, 5) is 32.4. The maximum atomic E-state index is 12.0. The molecule has 0 atom stereocenters. The highest BCUT2D eigenvalue weighted by Crippen LogP contribution is 2.39. The van der Waals surface area contributed by atoms with Crippen molar-refractivity contribution in [2.75, 3.05) is 11.4 Å². The van der Waals surface area contributed by atoms with Crippen molar-refractivity contribution in [3.63, 3.8) is 0 Å². The van der Waals surface area contributed by atoms with Crippen LogP contribution in [-0.4, -0.2) is 34.5 Å². The molecule has 2 aliphatic rings. The maximum absolute atomic E-state index is 12.0. The van der Waals surface area contributed by atoms with Gasteiger partial charge in [0.2, 0.25) is 0 Å². The van der Waals surface area contributed by atoms with Crippen LogP contribution in [0.4, 0.5) is 10.6 Å². The van der Waals surface area contributed by atoms with Gasteiger partial charge in [0.15, 0.2) is 5.82 Å². The van der Waals surface area contributed by atoms with E-state index >= 15 is 0 Å². The van der Waals surface area contributed by atoms with Crippen LogP contribution in [0.5, 0.6) is 0 Å². The fraction of sp³-hybridized carbons (Fsp3) is 0.538. The van der Waals surface area contributed by atoms with Gasteiger partial charge in [0, 0.05) is 18.3 Å². The molecule has 1 amide bonds. The topological polar surface area (TPSA) is 72.4 Å². The number of rotatable bonds is 2. The molecule has 0 unspecified atom stereocenters. The summed E-state index contributed by atoms with van der Waals surface area (Å²) in [6.07, 6.45) is 8.34. The first-order chi connectivity index (χ1) is 9.22. The predicted molar refractivity (Wildman–Crippen MR) is 66.6 cm³/mol. The summed E-state index contributed by atoms with van der Waals surface area (Å²) in [7, 11) is 0. The first-order valence-electron chi connectivity index (χ1n) is 6.44. The number of amides is 1. The molecule has 0 N–H and O–H groups in total. The van der Waals surface area contributed by atoms with Crippen molar-refractivity contribution in [1.29, 1.82) is 0 Å². The monoisotopic (exact) mass is 261 g/mol. The Balaban J connectivity index is 1.75. The number of aromatic nitrogens is 2. The molecule has 2 fully saturated rings. The fourth-order valence-corrected chi connectivity index (χ4v) is 2.79. The van der Waals surface area contributed by atoms with E-state index in [-0.39, 0.29) is 12.0 Å². The first kappa shape index (κ1) is 12.1. The molecule has 3 rings (SSSR count). The van der Waals surface area contributed by atoms with E-state index in [1.165, 1.54) is 4.90 Å². The van der Waals surface area contributed by atoms with Gasteiger partial charge in [0.25, 0.3) is 0 Å². The highest BCUT2D eigenvalue weighted by atomic mass is 16.6. The molecule has 1 saturated heterocycles. The van der Waals surface area contributed by atoms with Gasteiger partial charge >= 0.3 is 6.09 Å². The number of hydrogen-bond donors (Lipinski definition) is 0. The van der Waals surface area contributed by atoms with Crippen LogP contribution in [0.1, 0.15) is 25.7 Å². The third kappa shape index (κ3) is 2.18. The van der Waals surface area contributed by atoms with Crippen LogP contribution in [0.25, 0.3) is 0 Å².